The molecule has 0 aliphatic rings. The van der Waals surface area contributed by atoms with Crippen LogP contribution in [0.1, 0.15) is 18.2 Å². The first-order chi connectivity index (χ1) is 9.35. The van der Waals surface area contributed by atoms with Gasteiger partial charge in [0.2, 0.25) is 0 Å². The van der Waals surface area contributed by atoms with Gasteiger partial charge in [-0.2, -0.15) is 0 Å². The largest absolute Gasteiger partial charge is 0.496 e. The van der Waals surface area contributed by atoms with Crippen molar-refractivity contribution in [1.82, 2.24) is 14.9 Å². The second-order valence-electron chi connectivity index (χ2n) is 4.41. The number of aromatic nitrogens is 2. The van der Waals surface area contributed by atoms with Crippen molar-refractivity contribution in [1.29, 1.82) is 0 Å². The van der Waals surface area contributed by atoms with Crippen LogP contribution in [0.5, 0.6) is 5.75 Å². The van der Waals surface area contributed by atoms with E-state index < -0.39 is 0 Å². The maximum atomic E-state index is 5.34. The first-order valence-electron chi connectivity index (χ1n) is 6.66. The van der Waals surface area contributed by atoms with Crippen molar-refractivity contribution in [3.05, 3.63) is 48.0 Å². The van der Waals surface area contributed by atoms with E-state index in [1.807, 2.05) is 30.7 Å². The van der Waals surface area contributed by atoms with Gasteiger partial charge in [0.25, 0.3) is 0 Å². The smallest absolute Gasteiger partial charge is 0.122 e. The minimum Gasteiger partial charge on any atom is -0.496 e. The summed E-state index contributed by atoms with van der Waals surface area (Å²) in [4.78, 5) is 4.16. The highest BCUT2D eigenvalue weighted by molar-refractivity contribution is 5.33. The second-order valence-corrected chi connectivity index (χ2v) is 4.41. The number of aryl methyl sites for hydroxylation is 1. The Balaban J connectivity index is 1.81. The number of ether oxygens (including phenoxy) is 1. The maximum Gasteiger partial charge on any atom is 0.122 e. The fraction of sp³-hybridized carbons (Fsp3) is 0.400. The Hall–Kier alpha value is -1.81. The topological polar surface area (TPSA) is 39.1 Å². The van der Waals surface area contributed by atoms with Crippen molar-refractivity contribution in [2.24, 2.45) is 0 Å². The molecule has 19 heavy (non-hydrogen) atoms. The number of para-hydroxylation sites is 1. The number of hydrogen-bond acceptors (Lipinski definition) is 3. The summed E-state index contributed by atoms with van der Waals surface area (Å²) < 4.78 is 7.49. The van der Waals surface area contributed by atoms with Crippen LogP contribution in [-0.2, 0) is 19.5 Å². The molecule has 0 saturated heterocycles. The van der Waals surface area contributed by atoms with Crippen molar-refractivity contribution < 1.29 is 4.74 Å². The highest BCUT2D eigenvalue weighted by Gasteiger charge is 2.02. The lowest BCUT2D eigenvalue weighted by Crippen LogP contribution is -2.18. The van der Waals surface area contributed by atoms with Gasteiger partial charge in [-0.05, 0) is 31.5 Å². The Labute approximate surface area is 114 Å². The molecule has 1 aromatic carbocycles. The molecule has 1 aromatic heterocycles. The highest BCUT2D eigenvalue weighted by atomic mass is 16.5. The van der Waals surface area contributed by atoms with Crippen LogP contribution in [0.15, 0.2) is 36.8 Å². The number of benzene rings is 1. The molecule has 0 atom stereocenters. The normalized spacial score (nSPS) is 10.6. The number of hydrogen-bond donors (Lipinski definition) is 1. The number of imidazole rings is 1. The zero-order valence-electron chi connectivity index (χ0n) is 11.6. The lowest BCUT2D eigenvalue weighted by Gasteiger charge is -2.09. The minimum atomic E-state index is 0.850. The molecule has 0 spiro atoms. The Bertz CT molecular complexity index is 508. The SMILES string of the molecule is CCn1cncc1CNCCc1ccccc1OC. The summed E-state index contributed by atoms with van der Waals surface area (Å²) in [7, 11) is 1.71. The molecule has 0 radical (unpaired) electrons. The third-order valence-corrected chi connectivity index (χ3v) is 3.21. The number of nitrogens with zero attached hydrogens (tertiary/aromatic N) is 2. The van der Waals surface area contributed by atoms with E-state index in [-0.39, 0.29) is 0 Å². The average molecular weight is 259 g/mol. The third kappa shape index (κ3) is 3.58. The van der Waals surface area contributed by atoms with Crippen LogP contribution in [0, 0.1) is 0 Å². The van der Waals surface area contributed by atoms with E-state index in [1.54, 1.807) is 7.11 Å². The molecule has 2 rings (SSSR count). The Morgan fingerprint density at radius 1 is 1.32 bits per heavy atom. The first-order valence-corrected chi connectivity index (χ1v) is 6.66. The summed E-state index contributed by atoms with van der Waals surface area (Å²) in [6, 6.07) is 8.15. The summed E-state index contributed by atoms with van der Waals surface area (Å²) in [5, 5.41) is 3.45. The molecule has 0 aliphatic heterocycles. The van der Waals surface area contributed by atoms with Gasteiger partial charge in [-0.25, -0.2) is 4.98 Å². The molecule has 4 nitrogen and oxygen atoms in total. The first kappa shape index (κ1) is 13.6. The molecule has 0 saturated carbocycles. The fourth-order valence-electron chi connectivity index (χ4n) is 2.13. The quantitative estimate of drug-likeness (QED) is 0.775. The predicted molar refractivity (Wildman–Crippen MR) is 76.3 cm³/mol. The van der Waals surface area contributed by atoms with E-state index in [4.69, 9.17) is 4.74 Å². The van der Waals surface area contributed by atoms with Crippen LogP contribution >= 0.6 is 0 Å². The van der Waals surface area contributed by atoms with Crippen molar-refractivity contribution >= 4 is 0 Å². The van der Waals surface area contributed by atoms with Gasteiger partial charge in [-0.1, -0.05) is 18.2 Å². The lowest BCUT2D eigenvalue weighted by molar-refractivity contribution is 0.409. The van der Waals surface area contributed by atoms with Crippen LogP contribution in [-0.4, -0.2) is 23.2 Å². The minimum absolute atomic E-state index is 0.850. The van der Waals surface area contributed by atoms with Gasteiger partial charge in [-0.3, -0.25) is 0 Å². The van der Waals surface area contributed by atoms with Gasteiger partial charge >= 0.3 is 0 Å². The fourth-order valence-corrected chi connectivity index (χ4v) is 2.13. The molecular weight excluding hydrogens is 238 g/mol. The molecular formula is C15H21N3O. The summed E-state index contributed by atoms with van der Waals surface area (Å²) >= 11 is 0. The molecule has 102 valence electrons. The van der Waals surface area contributed by atoms with Crippen LogP contribution in [0.4, 0.5) is 0 Å². The van der Waals surface area contributed by atoms with E-state index in [0.29, 0.717) is 0 Å². The van der Waals surface area contributed by atoms with E-state index >= 15 is 0 Å². The molecule has 1 N–H and O–H groups in total. The number of rotatable bonds is 7. The van der Waals surface area contributed by atoms with Gasteiger partial charge in [0, 0.05) is 19.3 Å². The lowest BCUT2D eigenvalue weighted by atomic mass is 10.1. The number of nitrogens with one attached hydrogen (secondary N) is 1. The van der Waals surface area contributed by atoms with Gasteiger partial charge < -0.3 is 14.6 Å². The monoisotopic (exact) mass is 259 g/mol. The second kappa shape index (κ2) is 6.95. The highest BCUT2D eigenvalue weighted by Crippen LogP contribution is 2.17. The molecule has 0 fully saturated rings. The number of methoxy groups -OCH3 is 1. The summed E-state index contributed by atoms with van der Waals surface area (Å²) in [5.41, 5.74) is 2.46. The van der Waals surface area contributed by atoms with Gasteiger partial charge in [0.1, 0.15) is 5.75 Å². The summed E-state index contributed by atoms with van der Waals surface area (Å²) in [5.74, 6) is 0.961. The Morgan fingerprint density at radius 3 is 2.95 bits per heavy atom. The maximum absolute atomic E-state index is 5.34. The zero-order chi connectivity index (χ0) is 13.5. The average Bonchev–Trinajstić information content (AvgIpc) is 2.91. The molecule has 0 bridgehead atoms. The van der Waals surface area contributed by atoms with Crippen LogP contribution in [0.3, 0.4) is 0 Å². The van der Waals surface area contributed by atoms with Gasteiger partial charge in [0.15, 0.2) is 0 Å². The van der Waals surface area contributed by atoms with E-state index in [0.717, 1.165) is 31.8 Å². The molecule has 1 heterocycles. The van der Waals surface area contributed by atoms with Crippen LogP contribution in [0.25, 0.3) is 0 Å². The van der Waals surface area contributed by atoms with E-state index in [9.17, 15) is 0 Å². The Kier molecular flexibility index (Phi) is 4.98. The van der Waals surface area contributed by atoms with Gasteiger partial charge in [-0.15, -0.1) is 0 Å². The van der Waals surface area contributed by atoms with Gasteiger partial charge in [0.05, 0.1) is 19.1 Å². The Morgan fingerprint density at radius 2 is 2.16 bits per heavy atom. The van der Waals surface area contributed by atoms with Crippen LogP contribution in [0.2, 0.25) is 0 Å². The van der Waals surface area contributed by atoms with Crippen molar-refractivity contribution in [2.75, 3.05) is 13.7 Å². The predicted octanol–water partition coefficient (Wildman–Crippen LogP) is 2.24. The standard InChI is InChI=1S/C15H21N3O/c1-3-18-12-17-11-14(18)10-16-9-8-13-6-4-5-7-15(13)19-2/h4-7,11-12,16H,3,8-10H2,1-2H3. The van der Waals surface area contributed by atoms with Crippen LogP contribution < -0.4 is 10.1 Å². The summed E-state index contributed by atoms with van der Waals surface area (Å²) in [6.45, 7) is 4.86. The molecule has 0 aliphatic carbocycles. The van der Waals surface area contributed by atoms with E-state index in [2.05, 4.69) is 27.9 Å². The summed E-state index contributed by atoms with van der Waals surface area (Å²) in [6.07, 6.45) is 4.75. The van der Waals surface area contributed by atoms with Crippen molar-refractivity contribution in [2.45, 2.75) is 26.4 Å². The third-order valence-electron chi connectivity index (χ3n) is 3.21. The molecule has 0 unspecified atom stereocenters. The molecule has 0 amide bonds. The zero-order valence-corrected chi connectivity index (χ0v) is 11.6. The van der Waals surface area contributed by atoms with Crippen molar-refractivity contribution in [3.8, 4) is 5.75 Å². The molecule has 2 aromatic rings. The van der Waals surface area contributed by atoms with Crippen molar-refractivity contribution in [3.63, 3.8) is 0 Å². The van der Waals surface area contributed by atoms with E-state index in [1.165, 1.54) is 11.3 Å². The molecule has 4 heteroatoms.